The van der Waals surface area contributed by atoms with E-state index >= 15 is 0 Å². The molecule has 2 aliphatic heterocycles. The molecule has 0 aromatic carbocycles. The van der Waals surface area contributed by atoms with Crippen LogP contribution >= 0.6 is 0 Å². The highest BCUT2D eigenvalue weighted by molar-refractivity contribution is 5.60. The SMILES string of the molecule is O=C(OC1NCCO1)OC1NCCO1. The van der Waals surface area contributed by atoms with Crippen LogP contribution in [0.3, 0.4) is 0 Å². The molecule has 2 N–H and O–H groups in total. The summed E-state index contributed by atoms with van der Waals surface area (Å²) in [5, 5.41) is 5.61. The lowest BCUT2D eigenvalue weighted by molar-refractivity contribution is -0.145. The van der Waals surface area contributed by atoms with Crippen molar-refractivity contribution in [2.75, 3.05) is 26.3 Å². The van der Waals surface area contributed by atoms with Crippen molar-refractivity contribution in [3.8, 4) is 0 Å². The van der Waals surface area contributed by atoms with Gasteiger partial charge in [-0.05, 0) is 0 Å². The number of carbonyl (C=O) groups is 1. The molecular weight excluding hydrogens is 192 g/mol. The number of hydrogen-bond acceptors (Lipinski definition) is 7. The van der Waals surface area contributed by atoms with Gasteiger partial charge in [-0.2, -0.15) is 0 Å². The van der Waals surface area contributed by atoms with Gasteiger partial charge in [-0.15, -0.1) is 0 Å². The Labute approximate surface area is 80.6 Å². The maximum absolute atomic E-state index is 11.1. The molecule has 0 amide bonds. The van der Waals surface area contributed by atoms with Gasteiger partial charge in [0.15, 0.2) is 0 Å². The second kappa shape index (κ2) is 4.56. The van der Waals surface area contributed by atoms with Gasteiger partial charge in [0.05, 0.1) is 13.2 Å². The molecule has 0 aromatic rings. The molecule has 7 nitrogen and oxygen atoms in total. The van der Waals surface area contributed by atoms with Gasteiger partial charge in [0, 0.05) is 13.1 Å². The van der Waals surface area contributed by atoms with Gasteiger partial charge in [0.1, 0.15) is 0 Å². The Hall–Kier alpha value is -0.890. The van der Waals surface area contributed by atoms with Crippen molar-refractivity contribution in [2.24, 2.45) is 0 Å². The molecule has 2 rings (SSSR count). The predicted molar refractivity (Wildman–Crippen MR) is 43.1 cm³/mol. The van der Waals surface area contributed by atoms with E-state index in [4.69, 9.17) is 18.9 Å². The summed E-state index contributed by atoms with van der Waals surface area (Å²) >= 11 is 0. The Bertz CT molecular complexity index is 180. The zero-order valence-corrected chi connectivity index (χ0v) is 7.52. The number of nitrogens with one attached hydrogen (secondary N) is 2. The van der Waals surface area contributed by atoms with Crippen LogP contribution in [0.25, 0.3) is 0 Å². The first-order valence-corrected chi connectivity index (χ1v) is 4.42. The summed E-state index contributed by atoms with van der Waals surface area (Å²) in [6.07, 6.45) is -2.23. The molecule has 2 fully saturated rings. The summed E-state index contributed by atoms with van der Waals surface area (Å²) in [6, 6.07) is 0. The van der Waals surface area contributed by atoms with E-state index in [0.29, 0.717) is 26.3 Å². The fourth-order valence-corrected chi connectivity index (χ4v) is 1.16. The second-order valence-electron chi connectivity index (χ2n) is 2.80. The summed E-state index contributed by atoms with van der Waals surface area (Å²) < 4.78 is 19.5. The predicted octanol–water partition coefficient (Wildman–Crippen LogP) is -1.05. The molecule has 0 saturated carbocycles. The van der Waals surface area contributed by atoms with Crippen molar-refractivity contribution in [3.63, 3.8) is 0 Å². The van der Waals surface area contributed by atoms with Gasteiger partial charge < -0.3 is 18.9 Å². The van der Waals surface area contributed by atoms with E-state index in [2.05, 4.69) is 10.6 Å². The molecule has 2 aliphatic rings. The third kappa shape index (κ3) is 2.55. The fraction of sp³-hybridized carbons (Fsp3) is 0.857. The average Bonchev–Trinajstić information content (AvgIpc) is 2.76. The first-order chi connectivity index (χ1) is 6.84. The molecule has 2 saturated heterocycles. The molecule has 14 heavy (non-hydrogen) atoms. The molecule has 0 aliphatic carbocycles. The molecule has 80 valence electrons. The molecule has 2 heterocycles. The maximum Gasteiger partial charge on any atom is 0.514 e. The number of rotatable bonds is 2. The molecule has 0 spiro atoms. The van der Waals surface area contributed by atoms with E-state index in [-0.39, 0.29) is 0 Å². The van der Waals surface area contributed by atoms with Crippen LogP contribution in [-0.4, -0.2) is 45.3 Å². The Balaban J connectivity index is 1.66. The Kier molecular flexibility index (Phi) is 3.14. The quantitative estimate of drug-likeness (QED) is 0.555. The number of ether oxygens (including phenoxy) is 4. The van der Waals surface area contributed by atoms with E-state index < -0.39 is 19.0 Å². The lowest BCUT2D eigenvalue weighted by atomic mass is 10.7. The monoisotopic (exact) mass is 204 g/mol. The van der Waals surface area contributed by atoms with E-state index in [1.54, 1.807) is 0 Å². The topological polar surface area (TPSA) is 78.1 Å². The van der Waals surface area contributed by atoms with Crippen molar-refractivity contribution in [2.45, 2.75) is 12.8 Å². The van der Waals surface area contributed by atoms with E-state index in [1.807, 2.05) is 0 Å². The highest BCUT2D eigenvalue weighted by Crippen LogP contribution is 2.03. The van der Waals surface area contributed by atoms with Crippen molar-refractivity contribution < 1.29 is 23.7 Å². The third-order valence-electron chi connectivity index (χ3n) is 1.77. The van der Waals surface area contributed by atoms with Gasteiger partial charge >= 0.3 is 6.16 Å². The van der Waals surface area contributed by atoms with E-state index in [9.17, 15) is 4.79 Å². The van der Waals surface area contributed by atoms with Crippen LogP contribution in [0, 0.1) is 0 Å². The molecule has 0 bridgehead atoms. The van der Waals surface area contributed by atoms with Crippen LogP contribution in [-0.2, 0) is 18.9 Å². The highest BCUT2D eigenvalue weighted by Gasteiger charge is 2.24. The zero-order valence-electron chi connectivity index (χ0n) is 7.52. The average molecular weight is 204 g/mol. The zero-order chi connectivity index (χ0) is 9.80. The lowest BCUT2D eigenvalue weighted by Gasteiger charge is -2.14. The summed E-state index contributed by atoms with van der Waals surface area (Å²) in [7, 11) is 0. The first kappa shape index (κ1) is 9.66. The summed E-state index contributed by atoms with van der Waals surface area (Å²) in [6.45, 7) is 2.37. The molecule has 7 heteroatoms. The Morgan fingerprint density at radius 2 is 1.57 bits per heavy atom. The second-order valence-corrected chi connectivity index (χ2v) is 2.80. The maximum atomic E-state index is 11.1. The normalized spacial score (nSPS) is 31.7. The minimum Gasteiger partial charge on any atom is -0.390 e. The van der Waals surface area contributed by atoms with E-state index in [0.717, 1.165) is 0 Å². The third-order valence-corrected chi connectivity index (χ3v) is 1.77. The summed E-state index contributed by atoms with van der Waals surface area (Å²) in [5.74, 6) is 0. The minimum absolute atomic E-state index is 0.524. The molecule has 0 radical (unpaired) electrons. The van der Waals surface area contributed by atoms with Crippen LogP contribution in [0.5, 0.6) is 0 Å². The van der Waals surface area contributed by atoms with E-state index in [1.165, 1.54) is 0 Å². The Morgan fingerprint density at radius 3 is 1.93 bits per heavy atom. The standard InChI is InChI=1S/C7H12N2O5/c10-7(13-5-8-1-3-11-5)14-6-9-2-4-12-6/h5-6,8-9H,1-4H2. The van der Waals surface area contributed by atoms with Crippen molar-refractivity contribution in [1.82, 2.24) is 10.6 Å². The van der Waals surface area contributed by atoms with Crippen LogP contribution in [0.2, 0.25) is 0 Å². The van der Waals surface area contributed by atoms with Crippen LogP contribution in [0.4, 0.5) is 4.79 Å². The van der Waals surface area contributed by atoms with Gasteiger partial charge in [-0.25, -0.2) is 4.79 Å². The largest absolute Gasteiger partial charge is 0.514 e. The molecular formula is C7H12N2O5. The van der Waals surface area contributed by atoms with Gasteiger partial charge in [0.25, 0.3) is 12.8 Å². The highest BCUT2D eigenvalue weighted by atomic mass is 16.8. The summed E-state index contributed by atoms with van der Waals surface area (Å²) in [5.41, 5.74) is 0. The number of carbonyl (C=O) groups excluding carboxylic acids is 1. The summed E-state index contributed by atoms with van der Waals surface area (Å²) in [4.78, 5) is 11.1. The van der Waals surface area contributed by atoms with Crippen LogP contribution in [0.1, 0.15) is 0 Å². The van der Waals surface area contributed by atoms with Gasteiger partial charge in [-0.3, -0.25) is 10.6 Å². The van der Waals surface area contributed by atoms with Gasteiger partial charge in [0.2, 0.25) is 0 Å². The lowest BCUT2D eigenvalue weighted by Crippen LogP contribution is -2.34. The fourth-order valence-electron chi connectivity index (χ4n) is 1.16. The molecule has 2 unspecified atom stereocenters. The Morgan fingerprint density at radius 1 is 1.07 bits per heavy atom. The number of hydrogen-bond donors (Lipinski definition) is 2. The van der Waals surface area contributed by atoms with Crippen LogP contribution in [0.15, 0.2) is 0 Å². The van der Waals surface area contributed by atoms with Crippen LogP contribution < -0.4 is 10.6 Å². The van der Waals surface area contributed by atoms with Gasteiger partial charge in [-0.1, -0.05) is 0 Å². The van der Waals surface area contributed by atoms with Crippen molar-refractivity contribution in [1.29, 1.82) is 0 Å². The molecule has 0 aromatic heterocycles. The van der Waals surface area contributed by atoms with Crippen molar-refractivity contribution >= 4 is 6.16 Å². The smallest absolute Gasteiger partial charge is 0.390 e. The van der Waals surface area contributed by atoms with Crippen molar-refractivity contribution in [3.05, 3.63) is 0 Å². The minimum atomic E-state index is -0.816. The molecule has 2 atom stereocenters. The first-order valence-electron chi connectivity index (χ1n) is 4.42.